The molecule has 0 saturated carbocycles. The van der Waals surface area contributed by atoms with Crippen LogP contribution in [0.2, 0.25) is 0 Å². The van der Waals surface area contributed by atoms with Crippen LogP contribution in [0.4, 0.5) is 0 Å². The molecule has 0 aliphatic carbocycles. The molecule has 0 radical (unpaired) electrons. The summed E-state index contributed by atoms with van der Waals surface area (Å²) < 4.78 is 26.3. The first-order valence-corrected chi connectivity index (χ1v) is 23.2. The zero-order chi connectivity index (χ0) is 40.5. The maximum Gasteiger partial charge on any atom is 0.469 e. The molecule has 55 heavy (non-hydrogen) atoms. The van der Waals surface area contributed by atoms with Crippen molar-refractivity contribution in [1.29, 1.82) is 0 Å². The van der Waals surface area contributed by atoms with Crippen molar-refractivity contribution in [2.45, 2.75) is 199 Å². The Labute approximate surface area is 335 Å². The van der Waals surface area contributed by atoms with E-state index in [0.717, 1.165) is 25.7 Å². The smallest absolute Gasteiger partial charge is 0.462 e. The number of aliphatic hydroxyl groups excluding tert-OH is 1. The highest BCUT2D eigenvalue weighted by atomic mass is 31.2. The summed E-state index contributed by atoms with van der Waals surface area (Å²) in [5, 5.41) is 10.0. The zero-order valence-corrected chi connectivity index (χ0v) is 35.6. The number of ether oxygens (including phenoxy) is 2. The molecule has 9 nitrogen and oxygen atoms in total. The SMILES string of the molecule is CCCCC/C=C\C[C@H](O)/C=C/C=C\C/C=C\CCCC(=O)O[C@H](COC(=O)CCCCCCCCCCC/C=C\CCCCCCCC)COP(=O)(O)O. The van der Waals surface area contributed by atoms with Gasteiger partial charge in [-0.25, -0.2) is 4.57 Å². The van der Waals surface area contributed by atoms with E-state index in [2.05, 4.69) is 36.6 Å². The minimum Gasteiger partial charge on any atom is -0.462 e. The summed E-state index contributed by atoms with van der Waals surface area (Å²) >= 11 is 0. The van der Waals surface area contributed by atoms with E-state index < -0.39 is 38.6 Å². The molecule has 0 aromatic carbocycles. The number of hydrogen-bond acceptors (Lipinski definition) is 7. The maximum absolute atomic E-state index is 12.4. The van der Waals surface area contributed by atoms with Crippen LogP contribution in [0.15, 0.2) is 60.8 Å². The van der Waals surface area contributed by atoms with Gasteiger partial charge < -0.3 is 24.4 Å². The molecule has 3 N–H and O–H groups in total. The summed E-state index contributed by atoms with van der Waals surface area (Å²) in [6.07, 6.45) is 46.9. The molecule has 0 amide bonds. The summed E-state index contributed by atoms with van der Waals surface area (Å²) in [6.45, 7) is 3.54. The van der Waals surface area contributed by atoms with E-state index >= 15 is 0 Å². The van der Waals surface area contributed by atoms with Gasteiger partial charge in [0.05, 0.1) is 12.7 Å². The van der Waals surface area contributed by atoms with Crippen molar-refractivity contribution < 1.29 is 43.0 Å². The van der Waals surface area contributed by atoms with Gasteiger partial charge >= 0.3 is 19.8 Å². The number of phosphoric ester groups is 1. The Kier molecular flexibility index (Phi) is 38.3. The lowest BCUT2D eigenvalue weighted by Gasteiger charge is -2.18. The fourth-order valence-electron chi connectivity index (χ4n) is 5.80. The van der Waals surface area contributed by atoms with Gasteiger partial charge in [-0.3, -0.25) is 14.1 Å². The number of rotatable bonds is 39. The highest BCUT2D eigenvalue weighted by molar-refractivity contribution is 7.46. The summed E-state index contributed by atoms with van der Waals surface area (Å²) in [5.74, 6) is -0.992. The minimum absolute atomic E-state index is 0.102. The van der Waals surface area contributed by atoms with E-state index in [4.69, 9.17) is 19.3 Å². The van der Waals surface area contributed by atoms with E-state index in [9.17, 15) is 19.3 Å². The maximum atomic E-state index is 12.4. The molecular weight excluding hydrogens is 715 g/mol. The highest BCUT2D eigenvalue weighted by Crippen LogP contribution is 2.36. The Morgan fingerprint density at radius 1 is 0.564 bits per heavy atom. The number of carbonyl (C=O) groups is 2. The minimum atomic E-state index is -4.79. The van der Waals surface area contributed by atoms with Crippen molar-refractivity contribution in [1.82, 2.24) is 0 Å². The molecule has 0 aromatic rings. The van der Waals surface area contributed by atoms with Crippen LogP contribution in [-0.4, -0.2) is 52.3 Å². The first-order valence-electron chi connectivity index (χ1n) is 21.7. The van der Waals surface area contributed by atoms with Gasteiger partial charge in [0.1, 0.15) is 6.61 Å². The van der Waals surface area contributed by atoms with Crippen LogP contribution in [0.25, 0.3) is 0 Å². The van der Waals surface area contributed by atoms with Gasteiger partial charge in [0, 0.05) is 12.8 Å². The number of allylic oxidation sites excluding steroid dienone is 8. The summed E-state index contributed by atoms with van der Waals surface area (Å²) in [6, 6.07) is 0. The van der Waals surface area contributed by atoms with Gasteiger partial charge in [-0.15, -0.1) is 0 Å². The predicted octanol–water partition coefficient (Wildman–Crippen LogP) is 12.3. The van der Waals surface area contributed by atoms with Crippen LogP contribution in [0.1, 0.15) is 187 Å². The molecule has 0 fully saturated rings. The van der Waals surface area contributed by atoms with Gasteiger partial charge in [-0.2, -0.15) is 0 Å². The van der Waals surface area contributed by atoms with Crippen molar-refractivity contribution in [3.8, 4) is 0 Å². The summed E-state index contributed by atoms with van der Waals surface area (Å²) in [5.41, 5.74) is 0. The first-order chi connectivity index (χ1) is 26.7. The fraction of sp³-hybridized carbons (Fsp3) is 0.733. The third-order valence-corrected chi connectivity index (χ3v) is 9.57. The Bertz CT molecular complexity index is 1090. The van der Waals surface area contributed by atoms with Crippen LogP contribution >= 0.6 is 7.82 Å². The average molecular weight is 795 g/mol. The third kappa shape index (κ3) is 42.7. The second-order valence-corrected chi connectivity index (χ2v) is 15.8. The molecule has 0 spiro atoms. The van der Waals surface area contributed by atoms with Gasteiger partial charge in [0.25, 0.3) is 0 Å². The number of esters is 2. The number of hydrogen-bond donors (Lipinski definition) is 3. The zero-order valence-electron chi connectivity index (χ0n) is 34.7. The standard InChI is InChI=1S/C45H79O9P/c1-3-5-7-9-11-12-13-14-15-16-17-18-19-20-21-22-26-30-34-38-44(47)52-40-43(41-53-55(49,50)51)54-45(48)39-35-31-27-24-23-25-29-33-37-42(46)36-32-28-10-8-6-4-2/h14-15,24-25,27-29,32-33,37,42-43,46H,3-13,16-23,26,30-31,34-36,38-41H2,1-2H3,(H2,49,50,51)/b15-14-,27-24-,29-25-,32-28-,37-33+/t42-,43+/m0/s1. The Balaban J connectivity index is 4.05. The molecule has 0 aliphatic rings. The topological polar surface area (TPSA) is 140 Å². The van der Waals surface area contributed by atoms with Gasteiger partial charge in [-0.05, 0) is 70.6 Å². The molecular formula is C45H79O9P. The second-order valence-electron chi connectivity index (χ2n) is 14.5. The van der Waals surface area contributed by atoms with Crippen LogP contribution in [0.3, 0.4) is 0 Å². The molecule has 10 heteroatoms. The predicted molar refractivity (Wildman–Crippen MR) is 227 cm³/mol. The Morgan fingerprint density at radius 3 is 1.67 bits per heavy atom. The van der Waals surface area contributed by atoms with Crippen molar-refractivity contribution in [2.75, 3.05) is 13.2 Å². The molecule has 0 unspecified atom stereocenters. The van der Waals surface area contributed by atoms with Crippen LogP contribution in [0, 0.1) is 0 Å². The highest BCUT2D eigenvalue weighted by Gasteiger charge is 2.22. The molecule has 0 rings (SSSR count). The molecule has 0 aliphatic heterocycles. The fourth-order valence-corrected chi connectivity index (χ4v) is 6.16. The van der Waals surface area contributed by atoms with E-state index in [1.807, 2.05) is 36.5 Å². The Morgan fingerprint density at radius 2 is 1.05 bits per heavy atom. The van der Waals surface area contributed by atoms with E-state index in [0.29, 0.717) is 32.1 Å². The molecule has 0 bridgehead atoms. The van der Waals surface area contributed by atoms with Crippen molar-refractivity contribution in [3.05, 3.63) is 60.8 Å². The quantitative estimate of drug-likeness (QED) is 0.0182. The van der Waals surface area contributed by atoms with Crippen LogP contribution in [-0.2, 0) is 28.2 Å². The van der Waals surface area contributed by atoms with Crippen LogP contribution in [0.5, 0.6) is 0 Å². The largest absolute Gasteiger partial charge is 0.469 e. The lowest BCUT2D eigenvalue weighted by atomic mass is 10.1. The third-order valence-electron chi connectivity index (χ3n) is 9.09. The number of unbranched alkanes of at least 4 members (excludes halogenated alkanes) is 19. The van der Waals surface area contributed by atoms with Crippen molar-refractivity contribution in [3.63, 3.8) is 0 Å². The lowest BCUT2D eigenvalue weighted by molar-refractivity contribution is -0.161. The van der Waals surface area contributed by atoms with Crippen molar-refractivity contribution in [2.24, 2.45) is 0 Å². The Hall–Kier alpha value is -2.29. The molecule has 2 atom stereocenters. The number of carbonyl (C=O) groups excluding carboxylic acids is 2. The molecule has 0 heterocycles. The van der Waals surface area contributed by atoms with Gasteiger partial charge in [-0.1, -0.05) is 164 Å². The first kappa shape index (κ1) is 52.7. The average Bonchev–Trinajstić information content (AvgIpc) is 3.15. The number of phosphoric acid groups is 1. The van der Waals surface area contributed by atoms with Gasteiger partial charge in [0.2, 0.25) is 0 Å². The normalized spacial score (nSPS) is 13.6. The van der Waals surface area contributed by atoms with Crippen LogP contribution < -0.4 is 0 Å². The molecule has 318 valence electrons. The lowest BCUT2D eigenvalue weighted by Crippen LogP contribution is -2.29. The van der Waals surface area contributed by atoms with Crippen molar-refractivity contribution >= 4 is 19.8 Å². The van der Waals surface area contributed by atoms with E-state index in [1.54, 1.807) is 6.08 Å². The molecule has 0 aromatic heterocycles. The summed E-state index contributed by atoms with van der Waals surface area (Å²) in [7, 11) is -4.79. The molecule has 0 saturated heterocycles. The van der Waals surface area contributed by atoms with Gasteiger partial charge in [0.15, 0.2) is 6.10 Å². The monoisotopic (exact) mass is 795 g/mol. The summed E-state index contributed by atoms with van der Waals surface area (Å²) in [4.78, 5) is 42.9. The number of aliphatic hydroxyl groups is 1. The van der Waals surface area contributed by atoms with E-state index in [-0.39, 0.29) is 19.4 Å². The van der Waals surface area contributed by atoms with E-state index in [1.165, 1.54) is 103 Å². The second kappa shape index (κ2) is 39.9.